The molecule has 102 valence electrons. The first-order chi connectivity index (χ1) is 9.27. The summed E-state index contributed by atoms with van der Waals surface area (Å²) in [6, 6.07) is 9.61. The molecule has 1 N–H and O–H groups in total. The second kappa shape index (κ2) is 6.89. The average Bonchev–Trinajstić information content (AvgIpc) is 2.42. The molecule has 0 saturated carbocycles. The summed E-state index contributed by atoms with van der Waals surface area (Å²) in [7, 11) is 0. The van der Waals surface area contributed by atoms with Crippen molar-refractivity contribution < 1.29 is 14.3 Å². The topological polar surface area (TPSA) is 58.6 Å². The van der Waals surface area contributed by atoms with Crippen molar-refractivity contribution in [3.8, 4) is 0 Å². The van der Waals surface area contributed by atoms with Crippen LogP contribution in [0.4, 0.5) is 4.79 Å². The molecule has 19 heavy (non-hydrogen) atoms. The smallest absolute Gasteiger partial charge is 0.324 e. The van der Waals surface area contributed by atoms with E-state index in [1.165, 1.54) is 4.90 Å². The zero-order chi connectivity index (χ0) is 13.5. The molecule has 0 radical (unpaired) electrons. The molecule has 1 aliphatic rings. The Morgan fingerprint density at radius 3 is 2.74 bits per heavy atom. The van der Waals surface area contributed by atoms with Gasteiger partial charge in [0.1, 0.15) is 0 Å². The van der Waals surface area contributed by atoms with E-state index in [-0.39, 0.29) is 11.9 Å². The lowest BCUT2D eigenvalue weighted by atomic mass is 10.2. The number of benzene rings is 1. The molecule has 0 bridgehead atoms. The van der Waals surface area contributed by atoms with Crippen LogP contribution in [0.25, 0.3) is 0 Å². The molecule has 0 atom stereocenters. The summed E-state index contributed by atoms with van der Waals surface area (Å²) in [5, 5.41) is 2.65. The number of hydrogen-bond acceptors (Lipinski definition) is 3. The number of nitrogens with zero attached hydrogens (tertiary/aromatic N) is 1. The van der Waals surface area contributed by atoms with Crippen molar-refractivity contribution in [1.29, 1.82) is 0 Å². The summed E-state index contributed by atoms with van der Waals surface area (Å²) >= 11 is 0. The molecule has 1 fully saturated rings. The van der Waals surface area contributed by atoms with Crippen LogP contribution in [-0.2, 0) is 16.1 Å². The molecule has 1 aromatic rings. The molecule has 5 heteroatoms. The Bertz CT molecular complexity index is 418. The summed E-state index contributed by atoms with van der Waals surface area (Å²) in [6.07, 6.45) is 1.04. The summed E-state index contributed by atoms with van der Waals surface area (Å²) < 4.78 is 5.51. The van der Waals surface area contributed by atoms with Crippen LogP contribution in [0.15, 0.2) is 30.3 Å². The molecule has 1 saturated heterocycles. The van der Waals surface area contributed by atoms with Gasteiger partial charge in [0.05, 0.1) is 6.61 Å². The number of ether oxygens (including phenoxy) is 1. The number of rotatable bonds is 6. The average molecular weight is 262 g/mol. The number of urea groups is 1. The van der Waals surface area contributed by atoms with E-state index in [1.807, 2.05) is 30.3 Å². The van der Waals surface area contributed by atoms with Crippen LogP contribution >= 0.6 is 0 Å². The van der Waals surface area contributed by atoms with Crippen LogP contribution in [0.2, 0.25) is 0 Å². The van der Waals surface area contributed by atoms with Gasteiger partial charge in [-0.1, -0.05) is 30.3 Å². The van der Waals surface area contributed by atoms with Crippen LogP contribution in [0.1, 0.15) is 18.4 Å². The Kier molecular flexibility index (Phi) is 4.92. The minimum Gasteiger partial charge on any atom is -0.377 e. The molecule has 0 aromatic heterocycles. The minimum absolute atomic E-state index is 0.105. The molecule has 1 aliphatic heterocycles. The lowest BCUT2D eigenvalue weighted by molar-refractivity contribution is -0.129. The largest absolute Gasteiger partial charge is 0.377 e. The standard InChI is InChI=1S/C14H18N2O3/c17-13-7-8-15-14(18)16(13)9-4-10-19-11-12-5-2-1-3-6-12/h1-3,5-6H,4,7-11H2,(H,15,18). The van der Waals surface area contributed by atoms with Gasteiger partial charge in [0.25, 0.3) is 0 Å². The van der Waals surface area contributed by atoms with Gasteiger partial charge in [0.15, 0.2) is 0 Å². The molecule has 0 spiro atoms. The summed E-state index contributed by atoms with van der Waals surface area (Å²) in [5.74, 6) is -0.105. The van der Waals surface area contributed by atoms with Crippen LogP contribution < -0.4 is 5.32 Å². The number of nitrogens with one attached hydrogen (secondary N) is 1. The highest BCUT2D eigenvalue weighted by molar-refractivity contribution is 5.96. The highest BCUT2D eigenvalue weighted by atomic mass is 16.5. The Labute approximate surface area is 112 Å². The molecule has 2 rings (SSSR count). The maximum Gasteiger partial charge on any atom is 0.324 e. The lowest BCUT2D eigenvalue weighted by Gasteiger charge is -2.25. The molecular weight excluding hydrogens is 244 g/mol. The van der Waals surface area contributed by atoms with Crippen molar-refractivity contribution in [3.05, 3.63) is 35.9 Å². The minimum atomic E-state index is -0.292. The number of imide groups is 1. The lowest BCUT2D eigenvalue weighted by Crippen LogP contribution is -2.50. The Balaban J connectivity index is 1.64. The van der Waals surface area contributed by atoms with E-state index in [4.69, 9.17) is 4.74 Å². The van der Waals surface area contributed by atoms with Gasteiger partial charge < -0.3 is 10.1 Å². The molecule has 1 heterocycles. The van der Waals surface area contributed by atoms with Crippen LogP contribution in [-0.4, -0.2) is 36.5 Å². The van der Waals surface area contributed by atoms with Crippen molar-refractivity contribution >= 4 is 11.9 Å². The van der Waals surface area contributed by atoms with Crippen molar-refractivity contribution in [3.63, 3.8) is 0 Å². The highest BCUT2D eigenvalue weighted by Gasteiger charge is 2.24. The Morgan fingerprint density at radius 1 is 1.21 bits per heavy atom. The van der Waals surface area contributed by atoms with E-state index in [0.717, 1.165) is 5.56 Å². The van der Waals surface area contributed by atoms with Gasteiger partial charge in [-0.05, 0) is 12.0 Å². The molecule has 3 amide bonds. The first kappa shape index (κ1) is 13.5. The van der Waals surface area contributed by atoms with Crippen molar-refractivity contribution in [1.82, 2.24) is 10.2 Å². The fraction of sp³-hybridized carbons (Fsp3) is 0.429. The summed E-state index contributed by atoms with van der Waals surface area (Å²) in [6.45, 7) is 1.95. The van der Waals surface area contributed by atoms with Gasteiger partial charge in [-0.2, -0.15) is 0 Å². The zero-order valence-electron chi connectivity index (χ0n) is 10.8. The maximum absolute atomic E-state index is 11.5. The molecule has 0 unspecified atom stereocenters. The predicted molar refractivity (Wildman–Crippen MR) is 70.4 cm³/mol. The zero-order valence-corrected chi connectivity index (χ0v) is 10.8. The first-order valence-electron chi connectivity index (χ1n) is 6.47. The van der Waals surface area contributed by atoms with Gasteiger partial charge in [-0.25, -0.2) is 4.79 Å². The third kappa shape index (κ3) is 4.06. The van der Waals surface area contributed by atoms with Crippen LogP contribution in [0.5, 0.6) is 0 Å². The predicted octanol–water partition coefficient (Wildman–Crippen LogP) is 1.54. The highest BCUT2D eigenvalue weighted by Crippen LogP contribution is 2.04. The molecule has 0 aliphatic carbocycles. The van der Waals surface area contributed by atoms with Gasteiger partial charge >= 0.3 is 6.03 Å². The number of amides is 3. The quantitative estimate of drug-likeness (QED) is 0.791. The van der Waals surface area contributed by atoms with Crippen molar-refractivity contribution in [2.45, 2.75) is 19.4 Å². The van der Waals surface area contributed by atoms with Gasteiger partial charge in [0, 0.05) is 26.1 Å². The summed E-state index contributed by atoms with van der Waals surface area (Å²) in [4.78, 5) is 24.2. The third-order valence-electron chi connectivity index (χ3n) is 2.94. The Hall–Kier alpha value is -1.88. The molecule has 5 nitrogen and oxygen atoms in total. The number of carbonyl (C=O) groups is 2. The van der Waals surface area contributed by atoms with Gasteiger partial charge in [-0.3, -0.25) is 9.69 Å². The van der Waals surface area contributed by atoms with E-state index < -0.39 is 0 Å². The van der Waals surface area contributed by atoms with Gasteiger partial charge in [0.2, 0.25) is 5.91 Å². The van der Waals surface area contributed by atoms with E-state index in [1.54, 1.807) is 0 Å². The SMILES string of the molecule is O=C1CCNC(=O)N1CCCOCc1ccccc1. The van der Waals surface area contributed by atoms with Crippen molar-refractivity contribution in [2.75, 3.05) is 19.7 Å². The Morgan fingerprint density at radius 2 is 2.00 bits per heavy atom. The second-order valence-electron chi connectivity index (χ2n) is 4.42. The van der Waals surface area contributed by atoms with Crippen molar-refractivity contribution in [2.24, 2.45) is 0 Å². The normalized spacial score (nSPS) is 15.5. The van der Waals surface area contributed by atoms with E-state index in [9.17, 15) is 9.59 Å². The van der Waals surface area contributed by atoms with Crippen LogP contribution in [0.3, 0.4) is 0 Å². The van der Waals surface area contributed by atoms with E-state index >= 15 is 0 Å². The monoisotopic (exact) mass is 262 g/mol. The third-order valence-corrected chi connectivity index (χ3v) is 2.94. The van der Waals surface area contributed by atoms with E-state index in [2.05, 4.69) is 5.32 Å². The molecule has 1 aromatic carbocycles. The molecular formula is C14H18N2O3. The van der Waals surface area contributed by atoms with Crippen LogP contribution in [0, 0.1) is 0 Å². The number of carbonyl (C=O) groups excluding carboxylic acids is 2. The van der Waals surface area contributed by atoms with E-state index in [0.29, 0.717) is 39.1 Å². The fourth-order valence-corrected chi connectivity index (χ4v) is 1.94. The number of hydrogen-bond donors (Lipinski definition) is 1. The maximum atomic E-state index is 11.5. The second-order valence-corrected chi connectivity index (χ2v) is 4.42. The fourth-order valence-electron chi connectivity index (χ4n) is 1.94. The first-order valence-corrected chi connectivity index (χ1v) is 6.47. The van der Waals surface area contributed by atoms with Gasteiger partial charge in [-0.15, -0.1) is 0 Å². The summed E-state index contributed by atoms with van der Waals surface area (Å²) in [5.41, 5.74) is 1.12.